The largest absolute Gasteiger partial charge is 0.367 e. The Kier molecular flexibility index (Phi) is 6.00. The van der Waals surface area contributed by atoms with Gasteiger partial charge < -0.3 is 5.73 Å². The smallest absolute Gasteiger partial charge is 0.228 e. The monoisotopic (exact) mass is 178 g/mol. The Balaban J connectivity index is 3.17. The van der Waals surface area contributed by atoms with Crippen molar-refractivity contribution in [3.8, 4) is 0 Å². The van der Waals surface area contributed by atoms with E-state index in [4.69, 9.17) is 21.8 Å². The Morgan fingerprint density at radius 1 is 1.73 bits per heavy atom. The van der Waals surface area contributed by atoms with Gasteiger partial charge in [-0.1, -0.05) is 6.92 Å². The van der Waals surface area contributed by atoms with E-state index in [1.807, 2.05) is 0 Å². The Labute approximate surface area is 70.5 Å². The summed E-state index contributed by atoms with van der Waals surface area (Å²) in [6.45, 7) is 2.55. The van der Waals surface area contributed by atoms with Crippen LogP contribution in [-0.2, 0) is 4.84 Å². The van der Waals surface area contributed by atoms with Crippen molar-refractivity contribution in [2.24, 2.45) is 11.6 Å². The highest BCUT2D eigenvalue weighted by Gasteiger charge is 1.98. The van der Waals surface area contributed by atoms with Gasteiger partial charge in [-0.05, 0) is 5.75 Å². The SMILES string of the molecule is CCSCCON(N)C(=N)N. The average Bonchev–Trinajstić information content (AvgIpc) is 1.97. The summed E-state index contributed by atoms with van der Waals surface area (Å²) >= 11 is 1.74. The van der Waals surface area contributed by atoms with Crippen LogP contribution in [0.4, 0.5) is 0 Å². The first-order valence-electron chi connectivity index (χ1n) is 3.28. The summed E-state index contributed by atoms with van der Waals surface area (Å²) in [5.74, 6) is 6.77. The van der Waals surface area contributed by atoms with Crippen molar-refractivity contribution >= 4 is 17.7 Å². The highest BCUT2D eigenvalue weighted by Crippen LogP contribution is 1.97. The quantitative estimate of drug-likeness (QED) is 0.177. The first-order valence-corrected chi connectivity index (χ1v) is 4.43. The van der Waals surface area contributed by atoms with E-state index in [0.717, 1.165) is 16.7 Å². The number of hydrazine groups is 1. The molecule has 0 aliphatic carbocycles. The topological polar surface area (TPSA) is 88.4 Å². The Bertz CT molecular complexity index is 121. The van der Waals surface area contributed by atoms with Crippen LogP contribution in [0, 0.1) is 5.41 Å². The maximum atomic E-state index is 6.83. The van der Waals surface area contributed by atoms with Crippen LogP contribution < -0.4 is 11.6 Å². The standard InChI is InChI=1S/C5H14N4OS/c1-2-11-4-3-10-9(8)5(6)7/h2-4,8H2,1H3,(H3,6,7). The zero-order valence-corrected chi connectivity index (χ0v) is 7.36. The third-order valence-corrected chi connectivity index (χ3v) is 1.76. The summed E-state index contributed by atoms with van der Waals surface area (Å²) < 4.78 is 0. The van der Waals surface area contributed by atoms with Crippen LogP contribution in [0.1, 0.15) is 6.92 Å². The predicted octanol–water partition coefficient (Wildman–Crippen LogP) is -0.260. The highest BCUT2D eigenvalue weighted by molar-refractivity contribution is 7.99. The van der Waals surface area contributed by atoms with E-state index >= 15 is 0 Å². The van der Waals surface area contributed by atoms with Crippen molar-refractivity contribution in [1.82, 2.24) is 5.17 Å². The van der Waals surface area contributed by atoms with Crippen molar-refractivity contribution in [1.29, 1.82) is 5.41 Å². The molecule has 66 valence electrons. The number of thioether (sulfide) groups is 1. The molecular weight excluding hydrogens is 164 g/mol. The van der Waals surface area contributed by atoms with Gasteiger partial charge in [-0.15, -0.1) is 0 Å². The lowest BCUT2D eigenvalue weighted by Gasteiger charge is -2.14. The van der Waals surface area contributed by atoms with E-state index in [2.05, 4.69) is 6.92 Å². The normalized spacial score (nSPS) is 9.64. The summed E-state index contributed by atoms with van der Waals surface area (Å²) in [5, 5.41) is 7.59. The van der Waals surface area contributed by atoms with Crippen LogP contribution >= 0.6 is 11.8 Å². The molecule has 0 saturated carbocycles. The maximum absolute atomic E-state index is 6.83. The summed E-state index contributed by atoms with van der Waals surface area (Å²) in [4.78, 5) is 4.85. The van der Waals surface area contributed by atoms with E-state index in [0.29, 0.717) is 6.61 Å². The van der Waals surface area contributed by atoms with E-state index in [9.17, 15) is 0 Å². The van der Waals surface area contributed by atoms with Gasteiger partial charge in [0.1, 0.15) is 0 Å². The molecule has 11 heavy (non-hydrogen) atoms. The molecule has 0 spiro atoms. The van der Waals surface area contributed by atoms with Crippen molar-refractivity contribution in [2.75, 3.05) is 18.1 Å². The first-order chi connectivity index (χ1) is 5.18. The van der Waals surface area contributed by atoms with Gasteiger partial charge in [-0.3, -0.25) is 10.2 Å². The fourth-order valence-corrected chi connectivity index (χ4v) is 0.889. The first kappa shape index (κ1) is 10.5. The Morgan fingerprint density at radius 2 is 2.36 bits per heavy atom. The molecule has 6 heteroatoms. The summed E-state index contributed by atoms with van der Waals surface area (Å²) in [7, 11) is 0. The van der Waals surface area contributed by atoms with Crippen molar-refractivity contribution < 1.29 is 4.84 Å². The fraction of sp³-hybridized carbons (Fsp3) is 0.800. The zero-order chi connectivity index (χ0) is 8.69. The van der Waals surface area contributed by atoms with Crippen LogP contribution in [0.25, 0.3) is 0 Å². The van der Waals surface area contributed by atoms with Gasteiger partial charge in [0, 0.05) is 5.75 Å². The van der Waals surface area contributed by atoms with Crippen LogP contribution in [0.15, 0.2) is 0 Å². The molecule has 0 aromatic carbocycles. The van der Waals surface area contributed by atoms with Crippen LogP contribution in [-0.4, -0.2) is 29.2 Å². The Hall–Kier alpha value is -0.460. The van der Waals surface area contributed by atoms with Crippen molar-refractivity contribution in [2.45, 2.75) is 6.92 Å². The molecule has 0 rings (SSSR count). The van der Waals surface area contributed by atoms with Gasteiger partial charge in [0.15, 0.2) is 0 Å². The maximum Gasteiger partial charge on any atom is 0.228 e. The summed E-state index contributed by atoms with van der Waals surface area (Å²) in [6, 6.07) is 0. The van der Waals surface area contributed by atoms with E-state index < -0.39 is 0 Å². The Morgan fingerprint density at radius 3 is 2.82 bits per heavy atom. The van der Waals surface area contributed by atoms with Gasteiger partial charge in [-0.2, -0.15) is 16.9 Å². The third-order valence-electron chi connectivity index (χ3n) is 0.900. The number of nitrogens with one attached hydrogen (secondary N) is 1. The molecule has 0 aromatic heterocycles. The summed E-state index contributed by atoms with van der Waals surface area (Å²) in [6.07, 6.45) is 0. The van der Waals surface area contributed by atoms with Crippen molar-refractivity contribution in [3.05, 3.63) is 0 Å². The molecule has 0 aliphatic rings. The molecular formula is C5H14N4OS. The number of hydrogen-bond acceptors (Lipinski definition) is 4. The minimum absolute atomic E-state index is 0.286. The number of hydroxylamine groups is 1. The minimum atomic E-state index is -0.286. The molecule has 0 atom stereocenters. The van der Waals surface area contributed by atoms with E-state index in [-0.39, 0.29) is 5.96 Å². The fourth-order valence-electron chi connectivity index (χ4n) is 0.408. The van der Waals surface area contributed by atoms with Gasteiger partial charge in [0.05, 0.1) is 6.61 Å². The molecule has 0 aliphatic heterocycles. The van der Waals surface area contributed by atoms with E-state index in [1.54, 1.807) is 11.8 Å². The predicted molar refractivity (Wildman–Crippen MR) is 46.9 cm³/mol. The molecule has 5 N–H and O–H groups in total. The van der Waals surface area contributed by atoms with E-state index in [1.165, 1.54) is 0 Å². The molecule has 0 aromatic rings. The van der Waals surface area contributed by atoms with Gasteiger partial charge in [0.2, 0.25) is 5.96 Å². The number of rotatable bonds is 5. The molecule has 0 heterocycles. The van der Waals surface area contributed by atoms with Crippen LogP contribution in [0.5, 0.6) is 0 Å². The molecule has 0 saturated heterocycles. The minimum Gasteiger partial charge on any atom is -0.367 e. The highest BCUT2D eigenvalue weighted by atomic mass is 32.2. The second-order valence-electron chi connectivity index (χ2n) is 1.74. The second-order valence-corrected chi connectivity index (χ2v) is 3.14. The third kappa shape index (κ3) is 5.96. The lowest BCUT2D eigenvalue weighted by molar-refractivity contribution is -0.0957. The molecule has 0 unspecified atom stereocenters. The van der Waals surface area contributed by atoms with Gasteiger partial charge in [0.25, 0.3) is 0 Å². The van der Waals surface area contributed by atoms with Crippen molar-refractivity contribution in [3.63, 3.8) is 0 Å². The molecule has 0 amide bonds. The lowest BCUT2D eigenvalue weighted by Crippen LogP contribution is -2.42. The summed E-state index contributed by atoms with van der Waals surface area (Å²) in [5.41, 5.74) is 5.00. The van der Waals surface area contributed by atoms with Gasteiger partial charge >= 0.3 is 0 Å². The number of hydrogen-bond donors (Lipinski definition) is 3. The molecule has 0 radical (unpaired) electrons. The number of guanidine groups is 1. The van der Waals surface area contributed by atoms with Crippen LogP contribution in [0.3, 0.4) is 0 Å². The molecule has 0 bridgehead atoms. The average molecular weight is 178 g/mol. The number of nitrogens with two attached hydrogens (primary N) is 2. The second kappa shape index (κ2) is 6.26. The zero-order valence-electron chi connectivity index (χ0n) is 6.54. The lowest BCUT2D eigenvalue weighted by atomic mass is 10.9. The van der Waals surface area contributed by atoms with Crippen LogP contribution in [0.2, 0.25) is 0 Å². The molecule has 5 nitrogen and oxygen atoms in total. The molecule has 0 fully saturated rings. The van der Waals surface area contributed by atoms with Gasteiger partial charge in [-0.25, -0.2) is 5.84 Å². The number of nitrogens with zero attached hydrogens (tertiary/aromatic N) is 1.